The zero-order valence-electron chi connectivity index (χ0n) is 9.13. The minimum Gasteiger partial charge on any atom is -0.326 e. The lowest BCUT2D eigenvalue weighted by Gasteiger charge is -2.13. The Kier molecular flexibility index (Phi) is 2.84. The number of rotatable bonds is 2. The maximum Gasteiger partial charge on any atom is 0.154 e. The van der Waals surface area contributed by atoms with Crippen molar-refractivity contribution in [1.82, 2.24) is 9.97 Å². The van der Waals surface area contributed by atoms with E-state index in [9.17, 15) is 0 Å². The van der Waals surface area contributed by atoms with Crippen molar-refractivity contribution in [3.8, 4) is 0 Å². The summed E-state index contributed by atoms with van der Waals surface area (Å²) in [5.41, 5.74) is 0.898. The molecule has 1 heterocycles. The summed E-state index contributed by atoms with van der Waals surface area (Å²) in [6, 6.07) is 0. The first kappa shape index (κ1) is 10.6. The number of aliphatic imine (C=N–C) groups is 2. The minimum atomic E-state index is 0.0140. The Morgan fingerprint density at radius 1 is 1.43 bits per heavy atom. The molecule has 1 aromatic heterocycles. The smallest absolute Gasteiger partial charge is 0.154 e. The highest BCUT2D eigenvalue weighted by atomic mass is 15.0. The lowest BCUT2D eigenvalue weighted by molar-refractivity contribution is 0.552. The van der Waals surface area contributed by atoms with Crippen LogP contribution in [-0.2, 0) is 5.41 Å². The number of hydrogen-bond donors (Lipinski definition) is 1. The molecule has 14 heavy (non-hydrogen) atoms. The third kappa shape index (κ3) is 2.28. The minimum absolute atomic E-state index is 0.0140. The van der Waals surface area contributed by atoms with Gasteiger partial charge in [0.2, 0.25) is 0 Å². The Hall–Kier alpha value is -1.45. The van der Waals surface area contributed by atoms with E-state index < -0.39 is 0 Å². The zero-order chi connectivity index (χ0) is 10.8. The van der Waals surface area contributed by atoms with Crippen LogP contribution in [-0.4, -0.2) is 23.0 Å². The molecule has 0 amide bonds. The molecule has 0 aliphatic heterocycles. The molecule has 0 saturated heterocycles. The van der Waals surface area contributed by atoms with E-state index in [1.54, 1.807) is 0 Å². The monoisotopic (exact) mass is 192 g/mol. The van der Waals surface area contributed by atoms with E-state index >= 15 is 0 Å². The van der Waals surface area contributed by atoms with Crippen LogP contribution >= 0.6 is 0 Å². The number of aromatic amines is 1. The molecule has 0 unspecified atom stereocenters. The molecule has 0 aromatic carbocycles. The average Bonchev–Trinajstić information content (AvgIpc) is 2.43. The van der Waals surface area contributed by atoms with E-state index in [1.165, 1.54) is 6.34 Å². The summed E-state index contributed by atoms with van der Waals surface area (Å²) < 4.78 is 0. The van der Waals surface area contributed by atoms with Crippen LogP contribution in [0.1, 0.15) is 32.3 Å². The van der Waals surface area contributed by atoms with Gasteiger partial charge in [-0.1, -0.05) is 20.8 Å². The average molecular weight is 192 g/mol. The molecule has 0 aliphatic carbocycles. The van der Waals surface area contributed by atoms with Gasteiger partial charge in [0.1, 0.15) is 12.2 Å². The fourth-order valence-electron chi connectivity index (χ4n) is 1.03. The molecular weight excluding hydrogens is 176 g/mol. The maximum absolute atomic E-state index is 4.40. The van der Waals surface area contributed by atoms with E-state index in [-0.39, 0.29) is 5.41 Å². The number of hydrogen-bond acceptors (Lipinski definition) is 2. The van der Waals surface area contributed by atoms with Crippen LogP contribution in [0.2, 0.25) is 0 Å². The number of aryl methyl sites for hydroxylation is 1. The lowest BCUT2D eigenvalue weighted by Crippen LogP contribution is -2.13. The van der Waals surface area contributed by atoms with Crippen molar-refractivity contribution in [2.24, 2.45) is 9.98 Å². The second kappa shape index (κ2) is 3.74. The third-order valence-electron chi connectivity index (χ3n) is 1.84. The van der Waals surface area contributed by atoms with E-state index in [1.807, 2.05) is 6.92 Å². The first-order chi connectivity index (χ1) is 6.45. The van der Waals surface area contributed by atoms with E-state index in [0.717, 1.165) is 17.3 Å². The van der Waals surface area contributed by atoms with Gasteiger partial charge >= 0.3 is 0 Å². The predicted octanol–water partition coefficient (Wildman–Crippen LogP) is 2.38. The van der Waals surface area contributed by atoms with Gasteiger partial charge in [-0.05, 0) is 13.6 Å². The van der Waals surface area contributed by atoms with E-state index in [4.69, 9.17) is 0 Å². The number of nitrogens with one attached hydrogen (secondary N) is 1. The molecule has 0 spiro atoms. The van der Waals surface area contributed by atoms with Crippen molar-refractivity contribution in [2.75, 3.05) is 0 Å². The molecule has 0 fully saturated rings. The molecule has 76 valence electrons. The lowest BCUT2D eigenvalue weighted by atomic mass is 9.96. The van der Waals surface area contributed by atoms with Crippen molar-refractivity contribution in [3.63, 3.8) is 0 Å². The largest absolute Gasteiger partial charge is 0.326 e. The van der Waals surface area contributed by atoms with Crippen LogP contribution in [0.5, 0.6) is 0 Å². The molecule has 0 radical (unpaired) electrons. The first-order valence-electron chi connectivity index (χ1n) is 4.50. The fourth-order valence-corrected chi connectivity index (χ4v) is 1.03. The van der Waals surface area contributed by atoms with E-state index in [0.29, 0.717) is 0 Å². The van der Waals surface area contributed by atoms with Gasteiger partial charge in [-0.25, -0.2) is 9.98 Å². The Labute approximate surface area is 84.2 Å². The number of aromatic nitrogens is 2. The van der Waals surface area contributed by atoms with Gasteiger partial charge in [-0.15, -0.1) is 0 Å². The SMILES string of the molecule is C=N/C=N\c1[nH]c(C(C)(C)C)nc1C. The standard InChI is InChI=1S/C10H16N4/c1-7-8(12-6-11-5)14-9(13-7)10(2,3)4/h6H,5H2,1-4H3,(H,13,14)/b12-6-. The normalized spacial score (nSPS) is 12.3. The third-order valence-corrected chi connectivity index (χ3v) is 1.84. The van der Waals surface area contributed by atoms with Crippen molar-refractivity contribution in [1.29, 1.82) is 0 Å². The van der Waals surface area contributed by atoms with Crippen LogP contribution in [0, 0.1) is 6.92 Å². The molecule has 4 nitrogen and oxygen atoms in total. The highest BCUT2D eigenvalue weighted by Gasteiger charge is 2.18. The predicted molar refractivity (Wildman–Crippen MR) is 59.7 cm³/mol. The Bertz CT molecular complexity index is 355. The number of nitrogens with zero attached hydrogens (tertiary/aromatic N) is 3. The van der Waals surface area contributed by atoms with Crippen LogP contribution in [0.4, 0.5) is 5.82 Å². The van der Waals surface area contributed by atoms with Gasteiger partial charge in [0, 0.05) is 5.41 Å². The Balaban J connectivity index is 3.05. The highest BCUT2D eigenvalue weighted by Crippen LogP contribution is 2.23. The van der Waals surface area contributed by atoms with Crippen molar-refractivity contribution >= 4 is 18.9 Å². The van der Waals surface area contributed by atoms with Crippen molar-refractivity contribution in [3.05, 3.63) is 11.5 Å². The van der Waals surface area contributed by atoms with Gasteiger partial charge in [0.05, 0.1) is 5.69 Å². The topological polar surface area (TPSA) is 53.4 Å². The second-order valence-electron chi connectivity index (χ2n) is 4.20. The first-order valence-corrected chi connectivity index (χ1v) is 4.50. The summed E-state index contributed by atoms with van der Waals surface area (Å²) in [5, 5.41) is 0. The quantitative estimate of drug-likeness (QED) is 0.567. The molecule has 1 aromatic rings. The molecule has 0 aliphatic rings. The number of imidazole rings is 1. The fraction of sp³-hybridized carbons (Fsp3) is 0.500. The number of H-pyrrole nitrogens is 1. The Morgan fingerprint density at radius 3 is 2.50 bits per heavy atom. The summed E-state index contributed by atoms with van der Waals surface area (Å²) in [6.07, 6.45) is 1.41. The van der Waals surface area contributed by atoms with Crippen LogP contribution in [0.15, 0.2) is 9.98 Å². The molecule has 1 rings (SSSR count). The van der Waals surface area contributed by atoms with Crippen LogP contribution in [0.3, 0.4) is 0 Å². The van der Waals surface area contributed by atoms with Gasteiger partial charge in [0.25, 0.3) is 0 Å². The molecule has 0 bridgehead atoms. The van der Waals surface area contributed by atoms with Crippen LogP contribution < -0.4 is 0 Å². The molecular formula is C10H16N4. The van der Waals surface area contributed by atoms with Gasteiger partial charge in [-0.3, -0.25) is 4.99 Å². The summed E-state index contributed by atoms with van der Waals surface area (Å²) in [5.74, 6) is 1.69. The van der Waals surface area contributed by atoms with Gasteiger partial charge < -0.3 is 4.98 Å². The summed E-state index contributed by atoms with van der Waals surface area (Å²) in [6.45, 7) is 11.6. The van der Waals surface area contributed by atoms with Gasteiger partial charge in [-0.2, -0.15) is 0 Å². The highest BCUT2D eigenvalue weighted by molar-refractivity contribution is 5.65. The van der Waals surface area contributed by atoms with Crippen molar-refractivity contribution in [2.45, 2.75) is 33.1 Å². The summed E-state index contributed by atoms with van der Waals surface area (Å²) >= 11 is 0. The molecule has 0 saturated carbocycles. The summed E-state index contributed by atoms with van der Waals surface area (Å²) in [7, 11) is 0. The van der Waals surface area contributed by atoms with Crippen molar-refractivity contribution < 1.29 is 0 Å². The van der Waals surface area contributed by atoms with Gasteiger partial charge in [0.15, 0.2) is 5.82 Å². The molecule has 4 heteroatoms. The maximum atomic E-state index is 4.40. The second-order valence-corrected chi connectivity index (χ2v) is 4.20. The summed E-state index contributed by atoms with van der Waals surface area (Å²) in [4.78, 5) is 15.2. The zero-order valence-corrected chi connectivity index (χ0v) is 9.13. The molecule has 0 atom stereocenters. The van der Waals surface area contributed by atoms with Crippen LogP contribution in [0.25, 0.3) is 0 Å². The molecule has 1 N–H and O–H groups in total. The Morgan fingerprint density at radius 2 is 2.07 bits per heavy atom. The van der Waals surface area contributed by atoms with E-state index in [2.05, 4.69) is 47.4 Å².